The number of H-pyrrole nitrogens is 1. The van der Waals surface area contributed by atoms with Gasteiger partial charge in [0.1, 0.15) is 0 Å². The lowest BCUT2D eigenvalue weighted by atomic mass is 10.0. The normalized spacial score (nSPS) is 9.83. The topological polar surface area (TPSA) is 88.4 Å². The van der Waals surface area contributed by atoms with Gasteiger partial charge in [0.15, 0.2) is 5.69 Å². The Morgan fingerprint density at radius 3 is 2.67 bits per heavy atom. The van der Waals surface area contributed by atoms with Gasteiger partial charge in [0.25, 0.3) is 0 Å². The number of para-hydroxylation sites is 1. The number of hydrogen-bond acceptors (Lipinski definition) is 4. The van der Waals surface area contributed by atoms with Crippen molar-refractivity contribution < 1.29 is 9.72 Å². The highest BCUT2D eigenvalue weighted by atomic mass is 16.6. The van der Waals surface area contributed by atoms with Crippen LogP contribution in [0.3, 0.4) is 0 Å². The summed E-state index contributed by atoms with van der Waals surface area (Å²) in [5, 5.41) is 11.1. The van der Waals surface area contributed by atoms with Gasteiger partial charge in [-0.3, -0.25) is 10.1 Å². The lowest BCUT2D eigenvalue weighted by Crippen LogP contribution is -1.93. The van der Waals surface area contributed by atoms with Crippen LogP contribution in [0.1, 0.15) is 5.69 Å². The fourth-order valence-corrected chi connectivity index (χ4v) is 1.82. The maximum atomic E-state index is 11.1. The molecular formula is C12H9N3O3. The summed E-state index contributed by atoms with van der Waals surface area (Å²) in [7, 11) is 0. The molecule has 0 saturated carbocycles. The Bertz CT molecular complexity index is 654. The third kappa shape index (κ3) is 1.92. The highest BCUT2D eigenvalue weighted by molar-refractivity contribution is 5.82. The van der Waals surface area contributed by atoms with E-state index in [1.54, 1.807) is 24.4 Å². The molecule has 1 aromatic carbocycles. The van der Waals surface area contributed by atoms with Crippen molar-refractivity contribution in [2.75, 3.05) is 0 Å². The van der Waals surface area contributed by atoms with Gasteiger partial charge in [0.05, 0.1) is 10.5 Å². The van der Waals surface area contributed by atoms with Gasteiger partial charge in [0.2, 0.25) is 6.08 Å². The van der Waals surface area contributed by atoms with Crippen molar-refractivity contribution in [1.82, 2.24) is 4.98 Å². The molecule has 1 aromatic heterocycles. The molecule has 2 aromatic rings. The van der Waals surface area contributed by atoms with Crippen LogP contribution in [-0.2, 0) is 4.79 Å². The minimum Gasteiger partial charge on any atom is -0.365 e. The van der Waals surface area contributed by atoms with E-state index in [0.29, 0.717) is 11.1 Å². The lowest BCUT2D eigenvalue weighted by Gasteiger charge is -2.03. The first-order valence-corrected chi connectivity index (χ1v) is 5.14. The number of aryl methyl sites for hydroxylation is 1. The minimum absolute atomic E-state index is 0.00750. The van der Waals surface area contributed by atoms with Crippen molar-refractivity contribution in [2.45, 2.75) is 6.92 Å². The summed E-state index contributed by atoms with van der Waals surface area (Å²) in [5.41, 5.74) is 1.77. The molecule has 0 bridgehead atoms. The van der Waals surface area contributed by atoms with Crippen LogP contribution >= 0.6 is 0 Å². The molecule has 0 spiro atoms. The average Bonchev–Trinajstić information content (AvgIpc) is 2.75. The van der Waals surface area contributed by atoms with Crippen molar-refractivity contribution in [1.29, 1.82) is 0 Å². The van der Waals surface area contributed by atoms with Crippen LogP contribution in [0, 0.1) is 17.0 Å². The van der Waals surface area contributed by atoms with Gasteiger partial charge in [-0.1, -0.05) is 6.07 Å². The molecule has 0 aliphatic rings. The van der Waals surface area contributed by atoms with E-state index in [1.807, 2.05) is 6.92 Å². The van der Waals surface area contributed by atoms with E-state index in [1.165, 1.54) is 12.1 Å². The first-order chi connectivity index (χ1) is 8.65. The third-order valence-electron chi connectivity index (χ3n) is 2.61. The van der Waals surface area contributed by atoms with Gasteiger partial charge >= 0.3 is 5.69 Å². The molecule has 0 amide bonds. The Hall–Kier alpha value is -2.72. The zero-order valence-corrected chi connectivity index (χ0v) is 9.51. The van der Waals surface area contributed by atoms with Crippen molar-refractivity contribution >= 4 is 17.5 Å². The number of carbonyl (C=O) groups excluding carboxylic acids is 1. The van der Waals surface area contributed by atoms with Crippen LogP contribution in [0.15, 0.2) is 35.5 Å². The second kappa shape index (κ2) is 4.65. The molecule has 0 saturated heterocycles. The predicted octanol–water partition coefficient (Wildman–Crippen LogP) is 2.87. The average molecular weight is 243 g/mol. The first kappa shape index (κ1) is 11.8. The van der Waals surface area contributed by atoms with E-state index < -0.39 is 4.92 Å². The van der Waals surface area contributed by atoms with Crippen molar-refractivity contribution in [2.24, 2.45) is 4.99 Å². The van der Waals surface area contributed by atoms with Gasteiger partial charge in [-0.15, -0.1) is 0 Å². The summed E-state index contributed by atoms with van der Waals surface area (Å²) in [6, 6.07) is 6.39. The van der Waals surface area contributed by atoms with E-state index in [2.05, 4.69) is 9.98 Å². The van der Waals surface area contributed by atoms with Crippen LogP contribution in [0.4, 0.5) is 11.4 Å². The zero-order valence-electron chi connectivity index (χ0n) is 9.51. The smallest absolute Gasteiger partial charge is 0.303 e. The summed E-state index contributed by atoms with van der Waals surface area (Å²) in [6.45, 7) is 1.81. The molecule has 6 nitrogen and oxygen atoms in total. The number of hydrogen-bond donors (Lipinski definition) is 1. The number of rotatable bonds is 3. The Morgan fingerprint density at radius 2 is 2.11 bits per heavy atom. The lowest BCUT2D eigenvalue weighted by molar-refractivity contribution is -0.383. The zero-order chi connectivity index (χ0) is 13.1. The second-order valence-electron chi connectivity index (χ2n) is 3.65. The van der Waals surface area contributed by atoms with Crippen molar-refractivity contribution in [3.8, 4) is 11.1 Å². The van der Waals surface area contributed by atoms with E-state index in [4.69, 9.17) is 0 Å². The second-order valence-corrected chi connectivity index (χ2v) is 3.65. The number of isocyanates is 1. The highest BCUT2D eigenvalue weighted by Gasteiger charge is 2.21. The standard InChI is InChI=1S/C12H9N3O3/c1-8-9(5-6-13-8)10-3-2-4-11(14-7-16)12(10)15(17)18/h2-6,13H,1H3. The SMILES string of the molecule is Cc1[nH]ccc1-c1cccc(N=C=O)c1[N+](=O)[O-]. The van der Waals surface area contributed by atoms with Crippen LogP contribution < -0.4 is 0 Å². The number of aliphatic imine (C=N–C) groups is 1. The number of nitro groups is 1. The van der Waals surface area contributed by atoms with Crippen LogP contribution in [0.5, 0.6) is 0 Å². The van der Waals surface area contributed by atoms with Gasteiger partial charge < -0.3 is 4.98 Å². The molecule has 1 heterocycles. The molecule has 0 aliphatic carbocycles. The highest BCUT2D eigenvalue weighted by Crippen LogP contribution is 2.38. The summed E-state index contributed by atoms with van der Waals surface area (Å²) in [5.74, 6) is 0. The van der Waals surface area contributed by atoms with Crippen molar-refractivity contribution in [3.05, 3.63) is 46.3 Å². The molecule has 0 unspecified atom stereocenters. The maximum Gasteiger partial charge on any atom is 0.303 e. The summed E-state index contributed by atoms with van der Waals surface area (Å²) < 4.78 is 0. The van der Waals surface area contributed by atoms with Crippen LogP contribution in [-0.4, -0.2) is 16.0 Å². The molecule has 0 aliphatic heterocycles. The molecule has 0 radical (unpaired) electrons. The molecule has 2 rings (SSSR count). The van der Waals surface area contributed by atoms with Crippen LogP contribution in [0.25, 0.3) is 11.1 Å². The Labute approximate surface area is 102 Å². The Morgan fingerprint density at radius 1 is 1.33 bits per heavy atom. The number of aromatic amines is 1. The molecule has 1 N–H and O–H groups in total. The minimum atomic E-state index is -0.544. The van der Waals surface area contributed by atoms with Gasteiger partial charge in [-0.25, -0.2) is 4.79 Å². The maximum absolute atomic E-state index is 11.1. The Balaban J connectivity index is 2.75. The fourth-order valence-electron chi connectivity index (χ4n) is 1.82. The van der Waals surface area contributed by atoms with E-state index >= 15 is 0 Å². The summed E-state index contributed by atoms with van der Waals surface area (Å²) >= 11 is 0. The third-order valence-corrected chi connectivity index (χ3v) is 2.61. The first-order valence-electron chi connectivity index (χ1n) is 5.14. The van der Waals surface area contributed by atoms with Gasteiger partial charge in [0, 0.05) is 17.5 Å². The molecule has 0 atom stereocenters. The number of nitrogens with zero attached hydrogens (tertiary/aromatic N) is 2. The van der Waals surface area contributed by atoms with Crippen molar-refractivity contribution in [3.63, 3.8) is 0 Å². The Kier molecular flexibility index (Phi) is 3.03. The number of aromatic nitrogens is 1. The van der Waals surface area contributed by atoms with Crippen LogP contribution in [0.2, 0.25) is 0 Å². The van der Waals surface area contributed by atoms with E-state index in [0.717, 1.165) is 5.69 Å². The summed E-state index contributed by atoms with van der Waals surface area (Å²) in [6.07, 6.45) is 3.03. The fraction of sp³-hybridized carbons (Fsp3) is 0.0833. The van der Waals surface area contributed by atoms with E-state index in [-0.39, 0.29) is 11.4 Å². The number of nitro benzene ring substituents is 1. The summed E-state index contributed by atoms with van der Waals surface area (Å²) in [4.78, 5) is 27.2. The quantitative estimate of drug-likeness (QED) is 0.389. The molecule has 0 fully saturated rings. The molecule has 6 heteroatoms. The number of benzene rings is 1. The van der Waals surface area contributed by atoms with E-state index in [9.17, 15) is 14.9 Å². The molecule has 90 valence electrons. The predicted molar refractivity (Wildman–Crippen MR) is 65.4 cm³/mol. The largest absolute Gasteiger partial charge is 0.365 e. The van der Waals surface area contributed by atoms with Gasteiger partial charge in [-0.2, -0.15) is 4.99 Å². The van der Waals surface area contributed by atoms with Gasteiger partial charge in [-0.05, 0) is 25.1 Å². The number of nitrogens with one attached hydrogen (secondary N) is 1. The monoisotopic (exact) mass is 243 g/mol. The molecule has 18 heavy (non-hydrogen) atoms. The molecular weight excluding hydrogens is 234 g/mol.